The van der Waals surface area contributed by atoms with E-state index in [2.05, 4.69) is 46.2 Å². The van der Waals surface area contributed by atoms with Gasteiger partial charge in [-0.05, 0) is 32.6 Å². The van der Waals surface area contributed by atoms with E-state index < -0.39 is 0 Å². The molecule has 0 saturated carbocycles. The molecule has 0 heteroatoms. The van der Waals surface area contributed by atoms with Crippen LogP contribution in [-0.2, 0) is 0 Å². The molecular formula is C15H22. The van der Waals surface area contributed by atoms with Crippen molar-refractivity contribution in [3.05, 3.63) is 61.3 Å². The molecule has 0 saturated heterocycles. The van der Waals surface area contributed by atoms with Crippen LogP contribution in [0.15, 0.2) is 61.3 Å². The zero-order valence-corrected chi connectivity index (χ0v) is 10.1. The summed E-state index contributed by atoms with van der Waals surface area (Å²) in [5.74, 6) is 0.416. The highest BCUT2D eigenvalue weighted by atomic mass is 14.1. The van der Waals surface area contributed by atoms with E-state index in [9.17, 15) is 0 Å². The molecule has 1 atom stereocenters. The van der Waals surface area contributed by atoms with Crippen LogP contribution in [0, 0.1) is 5.92 Å². The zero-order valence-electron chi connectivity index (χ0n) is 10.1. The maximum absolute atomic E-state index is 4.01. The largest absolute Gasteiger partial charge is 0.0995 e. The van der Waals surface area contributed by atoms with E-state index >= 15 is 0 Å². The quantitative estimate of drug-likeness (QED) is 0.409. The predicted molar refractivity (Wildman–Crippen MR) is 70.8 cm³/mol. The second-order valence-corrected chi connectivity index (χ2v) is 3.97. The maximum Gasteiger partial charge on any atom is -0.00199 e. The molecule has 0 amide bonds. The molecule has 82 valence electrons. The summed E-state index contributed by atoms with van der Waals surface area (Å²) in [6.07, 6.45) is 7.93. The van der Waals surface area contributed by atoms with E-state index in [0.717, 1.165) is 18.4 Å². The van der Waals surface area contributed by atoms with Crippen LogP contribution in [0.25, 0.3) is 0 Å². The molecule has 0 N–H and O–H groups in total. The molecule has 0 fully saturated rings. The predicted octanol–water partition coefficient (Wildman–Crippen LogP) is 4.83. The Morgan fingerprint density at radius 2 is 1.73 bits per heavy atom. The van der Waals surface area contributed by atoms with Crippen LogP contribution in [0.2, 0.25) is 0 Å². The molecule has 0 spiro atoms. The SMILES string of the molecule is C=CC(=C)CCC(/C=C(\C)C=C)C(=C)C. The molecule has 0 radical (unpaired) electrons. The van der Waals surface area contributed by atoms with Gasteiger partial charge in [0.05, 0.1) is 0 Å². The second kappa shape index (κ2) is 7.05. The lowest BCUT2D eigenvalue weighted by Gasteiger charge is -2.13. The third-order valence-corrected chi connectivity index (χ3v) is 2.48. The van der Waals surface area contributed by atoms with Crippen LogP contribution in [-0.4, -0.2) is 0 Å². The van der Waals surface area contributed by atoms with E-state index in [1.54, 1.807) is 0 Å². The van der Waals surface area contributed by atoms with Gasteiger partial charge < -0.3 is 0 Å². The fraction of sp³-hybridized carbons (Fsp3) is 0.333. The van der Waals surface area contributed by atoms with Crippen molar-refractivity contribution < 1.29 is 0 Å². The smallest absolute Gasteiger partial charge is 0.00199 e. The van der Waals surface area contributed by atoms with Gasteiger partial charge in [-0.3, -0.25) is 0 Å². The molecule has 0 aliphatic carbocycles. The van der Waals surface area contributed by atoms with Crippen molar-refractivity contribution in [2.75, 3.05) is 0 Å². The van der Waals surface area contributed by atoms with Gasteiger partial charge in [0.25, 0.3) is 0 Å². The average Bonchev–Trinajstić information content (AvgIpc) is 2.22. The third-order valence-electron chi connectivity index (χ3n) is 2.48. The van der Waals surface area contributed by atoms with Crippen molar-refractivity contribution in [1.29, 1.82) is 0 Å². The fourth-order valence-electron chi connectivity index (χ4n) is 1.30. The van der Waals surface area contributed by atoms with Gasteiger partial charge in [-0.2, -0.15) is 0 Å². The summed E-state index contributed by atoms with van der Waals surface area (Å²) in [6.45, 7) is 19.5. The van der Waals surface area contributed by atoms with Gasteiger partial charge in [-0.25, -0.2) is 0 Å². The average molecular weight is 202 g/mol. The maximum atomic E-state index is 4.01. The van der Waals surface area contributed by atoms with Gasteiger partial charge in [0.2, 0.25) is 0 Å². The van der Waals surface area contributed by atoms with Crippen LogP contribution in [0.1, 0.15) is 26.7 Å². The second-order valence-electron chi connectivity index (χ2n) is 3.97. The minimum absolute atomic E-state index is 0.416. The first-order chi connectivity index (χ1) is 7.01. The van der Waals surface area contributed by atoms with Crippen LogP contribution in [0.3, 0.4) is 0 Å². The molecule has 0 heterocycles. The minimum atomic E-state index is 0.416. The third kappa shape index (κ3) is 5.90. The Morgan fingerprint density at radius 1 is 1.13 bits per heavy atom. The molecule has 0 aliphatic rings. The molecule has 0 aromatic carbocycles. The van der Waals surface area contributed by atoms with Gasteiger partial charge in [0.1, 0.15) is 0 Å². The van der Waals surface area contributed by atoms with E-state index in [0.29, 0.717) is 5.92 Å². The van der Waals surface area contributed by atoms with Crippen molar-refractivity contribution in [3.63, 3.8) is 0 Å². The van der Waals surface area contributed by atoms with E-state index in [1.807, 2.05) is 12.2 Å². The van der Waals surface area contributed by atoms with E-state index in [-0.39, 0.29) is 0 Å². The Labute approximate surface area is 94.4 Å². The van der Waals surface area contributed by atoms with Crippen molar-refractivity contribution in [3.8, 4) is 0 Å². The number of hydrogen-bond donors (Lipinski definition) is 0. The first-order valence-electron chi connectivity index (χ1n) is 5.27. The first kappa shape index (κ1) is 13.7. The van der Waals surface area contributed by atoms with E-state index in [4.69, 9.17) is 0 Å². The number of rotatable bonds is 7. The molecule has 15 heavy (non-hydrogen) atoms. The van der Waals surface area contributed by atoms with Crippen molar-refractivity contribution in [2.45, 2.75) is 26.7 Å². The highest BCUT2D eigenvalue weighted by Gasteiger charge is 2.06. The Bertz CT molecular complexity index is 289. The molecule has 0 rings (SSSR count). The summed E-state index contributed by atoms with van der Waals surface area (Å²) >= 11 is 0. The lowest BCUT2D eigenvalue weighted by Crippen LogP contribution is -1.98. The summed E-state index contributed by atoms with van der Waals surface area (Å²) in [5, 5.41) is 0. The molecule has 1 unspecified atom stereocenters. The normalized spacial score (nSPS) is 13.1. The van der Waals surface area contributed by atoms with Crippen LogP contribution in [0.4, 0.5) is 0 Å². The summed E-state index contributed by atoms with van der Waals surface area (Å²) in [6, 6.07) is 0. The summed E-state index contributed by atoms with van der Waals surface area (Å²) in [4.78, 5) is 0. The van der Waals surface area contributed by atoms with Gasteiger partial charge in [-0.15, -0.1) is 0 Å². The van der Waals surface area contributed by atoms with Gasteiger partial charge >= 0.3 is 0 Å². The zero-order chi connectivity index (χ0) is 11.8. The summed E-state index contributed by atoms with van der Waals surface area (Å²) < 4.78 is 0. The van der Waals surface area contributed by atoms with Crippen LogP contribution < -0.4 is 0 Å². The van der Waals surface area contributed by atoms with E-state index in [1.165, 1.54) is 11.1 Å². The molecule has 0 aliphatic heterocycles. The topological polar surface area (TPSA) is 0 Å². The highest BCUT2D eigenvalue weighted by Crippen LogP contribution is 2.21. The monoisotopic (exact) mass is 202 g/mol. The Morgan fingerprint density at radius 3 is 2.13 bits per heavy atom. The Kier molecular flexibility index (Phi) is 6.44. The fourth-order valence-corrected chi connectivity index (χ4v) is 1.30. The Hall–Kier alpha value is -1.30. The van der Waals surface area contributed by atoms with Crippen molar-refractivity contribution in [1.82, 2.24) is 0 Å². The molecule has 0 aromatic rings. The number of hydrogen-bond acceptors (Lipinski definition) is 0. The van der Waals surface area contributed by atoms with Gasteiger partial charge in [-0.1, -0.05) is 61.3 Å². The molecule has 0 nitrogen and oxygen atoms in total. The highest BCUT2D eigenvalue weighted by molar-refractivity contribution is 5.20. The van der Waals surface area contributed by atoms with Crippen LogP contribution in [0.5, 0.6) is 0 Å². The first-order valence-corrected chi connectivity index (χ1v) is 5.27. The van der Waals surface area contributed by atoms with Crippen LogP contribution >= 0.6 is 0 Å². The summed E-state index contributed by atoms with van der Waals surface area (Å²) in [5.41, 5.74) is 3.48. The standard InChI is InChI=1S/C15H22/c1-7-13(5)9-10-15(12(3)4)11-14(6)8-2/h7-8,11,15H,1-3,5,9-10H2,4,6H3/b14-11+. The summed E-state index contributed by atoms with van der Waals surface area (Å²) in [7, 11) is 0. The minimum Gasteiger partial charge on any atom is -0.0995 e. The number of allylic oxidation sites excluding steroid dienone is 6. The Balaban J connectivity index is 4.42. The van der Waals surface area contributed by atoms with Gasteiger partial charge in [0.15, 0.2) is 0 Å². The van der Waals surface area contributed by atoms with Crippen molar-refractivity contribution >= 4 is 0 Å². The lowest BCUT2D eigenvalue weighted by atomic mass is 9.92. The van der Waals surface area contributed by atoms with Gasteiger partial charge in [0, 0.05) is 0 Å². The molecule has 0 aromatic heterocycles. The molecule has 0 bridgehead atoms. The van der Waals surface area contributed by atoms with Crippen molar-refractivity contribution in [2.24, 2.45) is 5.92 Å². The molecular weight excluding hydrogens is 180 g/mol. The lowest BCUT2D eigenvalue weighted by molar-refractivity contribution is 0.674.